The standard InChI is InChI=1S/C15H19NO2/c1-11(16(2)17)8-12-4-5-13-6-7-15(18-3)10-14(13)9-12/h4-7,9-11,17H,8H2,1-3H3. The van der Waals surface area contributed by atoms with Gasteiger partial charge in [-0.1, -0.05) is 24.3 Å². The Balaban J connectivity index is 2.30. The van der Waals surface area contributed by atoms with E-state index in [1.807, 2.05) is 19.1 Å². The number of likely N-dealkylation sites (N-methyl/N-ethyl adjacent to an activating group) is 1. The van der Waals surface area contributed by atoms with Gasteiger partial charge in [0.05, 0.1) is 7.11 Å². The molecule has 0 bridgehead atoms. The van der Waals surface area contributed by atoms with Gasteiger partial charge in [0.2, 0.25) is 0 Å². The van der Waals surface area contributed by atoms with E-state index in [1.165, 1.54) is 21.4 Å². The molecule has 2 rings (SSSR count). The quantitative estimate of drug-likeness (QED) is 0.840. The molecule has 18 heavy (non-hydrogen) atoms. The van der Waals surface area contributed by atoms with Crippen LogP contribution < -0.4 is 4.74 Å². The summed E-state index contributed by atoms with van der Waals surface area (Å²) in [6.45, 7) is 2.00. The van der Waals surface area contributed by atoms with E-state index in [1.54, 1.807) is 14.2 Å². The lowest BCUT2D eigenvalue weighted by molar-refractivity contribution is -0.0963. The van der Waals surface area contributed by atoms with Gasteiger partial charge in [-0.15, -0.1) is 0 Å². The van der Waals surface area contributed by atoms with Gasteiger partial charge < -0.3 is 9.94 Å². The van der Waals surface area contributed by atoms with Crippen molar-refractivity contribution >= 4 is 10.8 Å². The fourth-order valence-electron chi connectivity index (χ4n) is 2.00. The summed E-state index contributed by atoms with van der Waals surface area (Å²) >= 11 is 0. The number of rotatable bonds is 4. The molecule has 0 saturated carbocycles. The largest absolute Gasteiger partial charge is 0.497 e. The molecule has 0 radical (unpaired) electrons. The summed E-state index contributed by atoms with van der Waals surface area (Å²) in [7, 11) is 3.35. The number of ether oxygens (including phenoxy) is 1. The van der Waals surface area contributed by atoms with E-state index < -0.39 is 0 Å². The summed E-state index contributed by atoms with van der Waals surface area (Å²) in [6.07, 6.45) is 0.820. The number of hydroxylamine groups is 2. The third-order valence-electron chi connectivity index (χ3n) is 3.28. The molecule has 0 aliphatic heterocycles. The Kier molecular flexibility index (Phi) is 3.84. The third kappa shape index (κ3) is 2.81. The van der Waals surface area contributed by atoms with Crippen molar-refractivity contribution < 1.29 is 9.94 Å². The van der Waals surface area contributed by atoms with E-state index in [2.05, 4.69) is 24.3 Å². The highest BCUT2D eigenvalue weighted by Gasteiger charge is 2.07. The molecule has 0 aromatic heterocycles. The molecule has 3 nitrogen and oxygen atoms in total. The number of methoxy groups -OCH3 is 1. The molecule has 2 aromatic rings. The highest BCUT2D eigenvalue weighted by Crippen LogP contribution is 2.22. The predicted molar refractivity (Wildman–Crippen MR) is 73.2 cm³/mol. The van der Waals surface area contributed by atoms with E-state index in [-0.39, 0.29) is 6.04 Å². The SMILES string of the molecule is COc1ccc2ccc(CC(C)N(C)O)cc2c1. The van der Waals surface area contributed by atoms with Crippen LogP contribution in [0.1, 0.15) is 12.5 Å². The Bertz CT molecular complexity index is 537. The van der Waals surface area contributed by atoms with Crippen molar-refractivity contribution in [2.75, 3.05) is 14.2 Å². The van der Waals surface area contributed by atoms with Gasteiger partial charge in [-0.3, -0.25) is 0 Å². The van der Waals surface area contributed by atoms with E-state index >= 15 is 0 Å². The molecule has 2 aromatic carbocycles. The van der Waals surface area contributed by atoms with Crippen LogP contribution >= 0.6 is 0 Å². The fourth-order valence-corrected chi connectivity index (χ4v) is 2.00. The first kappa shape index (κ1) is 12.9. The normalized spacial score (nSPS) is 12.9. The predicted octanol–water partition coefficient (Wildman–Crippen LogP) is 3.10. The smallest absolute Gasteiger partial charge is 0.119 e. The molecule has 0 aliphatic rings. The minimum absolute atomic E-state index is 0.105. The second-order valence-electron chi connectivity index (χ2n) is 4.67. The second-order valence-corrected chi connectivity index (χ2v) is 4.67. The highest BCUT2D eigenvalue weighted by molar-refractivity contribution is 5.84. The molecule has 0 amide bonds. The Morgan fingerprint density at radius 1 is 1.17 bits per heavy atom. The molecule has 96 valence electrons. The van der Waals surface area contributed by atoms with Gasteiger partial charge in [0.15, 0.2) is 0 Å². The second kappa shape index (κ2) is 5.38. The first-order valence-corrected chi connectivity index (χ1v) is 6.08. The molecule has 1 unspecified atom stereocenters. The lowest BCUT2D eigenvalue weighted by atomic mass is 10.0. The maximum atomic E-state index is 9.39. The number of benzene rings is 2. The van der Waals surface area contributed by atoms with Crippen molar-refractivity contribution in [3.63, 3.8) is 0 Å². The van der Waals surface area contributed by atoms with Crippen molar-refractivity contribution in [3.8, 4) is 5.75 Å². The van der Waals surface area contributed by atoms with Gasteiger partial charge in [-0.2, -0.15) is 5.06 Å². The van der Waals surface area contributed by atoms with E-state index in [0.29, 0.717) is 0 Å². The van der Waals surface area contributed by atoms with Crippen LogP contribution in [0.4, 0.5) is 0 Å². The van der Waals surface area contributed by atoms with E-state index in [9.17, 15) is 5.21 Å². The molecule has 0 saturated heterocycles. The summed E-state index contributed by atoms with van der Waals surface area (Å²) in [5.74, 6) is 0.868. The minimum atomic E-state index is 0.105. The van der Waals surface area contributed by atoms with Crippen molar-refractivity contribution in [2.45, 2.75) is 19.4 Å². The lowest BCUT2D eigenvalue weighted by Gasteiger charge is -2.17. The van der Waals surface area contributed by atoms with Crippen LogP contribution in [0.2, 0.25) is 0 Å². The average molecular weight is 245 g/mol. The van der Waals surface area contributed by atoms with Crippen LogP contribution in [0.15, 0.2) is 36.4 Å². The van der Waals surface area contributed by atoms with Gasteiger partial charge in [-0.05, 0) is 41.8 Å². The number of hydrogen-bond acceptors (Lipinski definition) is 3. The van der Waals surface area contributed by atoms with Crippen molar-refractivity contribution in [3.05, 3.63) is 42.0 Å². The zero-order valence-electron chi connectivity index (χ0n) is 11.1. The zero-order valence-corrected chi connectivity index (χ0v) is 11.1. The van der Waals surface area contributed by atoms with Crippen LogP contribution in [0.5, 0.6) is 5.75 Å². The Hall–Kier alpha value is -1.58. The summed E-state index contributed by atoms with van der Waals surface area (Å²) < 4.78 is 5.23. The van der Waals surface area contributed by atoms with E-state index in [0.717, 1.165) is 12.2 Å². The average Bonchev–Trinajstić information content (AvgIpc) is 2.37. The molecule has 0 heterocycles. The van der Waals surface area contributed by atoms with Gasteiger partial charge >= 0.3 is 0 Å². The van der Waals surface area contributed by atoms with Crippen molar-refractivity contribution in [1.82, 2.24) is 5.06 Å². The Labute approximate surface area is 108 Å². The lowest BCUT2D eigenvalue weighted by Crippen LogP contribution is -2.27. The monoisotopic (exact) mass is 245 g/mol. The molecule has 3 heteroatoms. The van der Waals surface area contributed by atoms with Gasteiger partial charge in [0.1, 0.15) is 5.75 Å². The molecular weight excluding hydrogens is 226 g/mol. The summed E-state index contributed by atoms with van der Waals surface area (Å²) in [5.41, 5.74) is 1.21. The Morgan fingerprint density at radius 2 is 1.89 bits per heavy atom. The van der Waals surface area contributed by atoms with Crippen LogP contribution in [-0.4, -0.2) is 30.5 Å². The maximum absolute atomic E-state index is 9.39. The highest BCUT2D eigenvalue weighted by atomic mass is 16.5. The fraction of sp³-hybridized carbons (Fsp3) is 0.333. The first-order valence-electron chi connectivity index (χ1n) is 6.08. The topological polar surface area (TPSA) is 32.7 Å². The Morgan fingerprint density at radius 3 is 2.56 bits per heavy atom. The summed E-state index contributed by atoms with van der Waals surface area (Å²) in [5, 5.41) is 13.0. The van der Waals surface area contributed by atoms with Gasteiger partial charge in [0, 0.05) is 13.1 Å². The van der Waals surface area contributed by atoms with Crippen LogP contribution in [0.25, 0.3) is 10.8 Å². The molecule has 0 fully saturated rings. The van der Waals surface area contributed by atoms with Crippen LogP contribution in [0.3, 0.4) is 0 Å². The van der Waals surface area contributed by atoms with Crippen molar-refractivity contribution in [1.29, 1.82) is 0 Å². The number of hydrogen-bond donors (Lipinski definition) is 1. The van der Waals surface area contributed by atoms with E-state index in [4.69, 9.17) is 4.74 Å². The molecule has 1 atom stereocenters. The zero-order chi connectivity index (χ0) is 13.1. The maximum Gasteiger partial charge on any atom is 0.119 e. The first-order chi connectivity index (χ1) is 8.60. The molecule has 0 spiro atoms. The summed E-state index contributed by atoms with van der Waals surface area (Å²) in [6, 6.07) is 12.5. The van der Waals surface area contributed by atoms with Crippen LogP contribution in [0, 0.1) is 0 Å². The number of nitrogens with zero attached hydrogens (tertiary/aromatic N) is 1. The minimum Gasteiger partial charge on any atom is -0.497 e. The van der Waals surface area contributed by atoms with Gasteiger partial charge in [0.25, 0.3) is 0 Å². The van der Waals surface area contributed by atoms with Crippen molar-refractivity contribution in [2.24, 2.45) is 0 Å². The summed E-state index contributed by atoms with van der Waals surface area (Å²) in [4.78, 5) is 0. The van der Waals surface area contributed by atoms with Gasteiger partial charge in [-0.25, -0.2) is 0 Å². The van der Waals surface area contributed by atoms with Crippen LogP contribution in [-0.2, 0) is 6.42 Å². The molecule has 0 aliphatic carbocycles. The third-order valence-corrected chi connectivity index (χ3v) is 3.28. The molecule has 1 N–H and O–H groups in total. The molecular formula is C15H19NO2. The number of fused-ring (bicyclic) bond motifs is 1.